The van der Waals surface area contributed by atoms with E-state index < -0.39 is 0 Å². The van der Waals surface area contributed by atoms with E-state index in [0.29, 0.717) is 9.13 Å². The molecule has 0 amide bonds. The third-order valence-corrected chi connectivity index (χ3v) is 3.02. The monoisotopic (exact) mass is 312 g/mol. The third-order valence-electron chi connectivity index (χ3n) is 1.39. The van der Waals surface area contributed by atoms with Crippen molar-refractivity contribution >= 4 is 40.0 Å². The highest BCUT2D eigenvalue weighted by Crippen LogP contribution is 2.25. The summed E-state index contributed by atoms with van der Waals surface area (Å²) in [6.45, 7) is 1.43. The fraction of sp³-hybridized carbons (Fsp3) is 0.286. The predicted molar refractivity (Wildman–Crippen MR) is 56.3 cm³/mol. The fourth-order valence-corrected chi connectivity index (χ4v) is 1.68. The molecule has 6 heteroatoms. The summed E-state index contributed by atoms with van der Waals surface area (Å²) in [7, 11) is 1.43. The zero-order chi connectivity index (χ0) is 10.0. The molecule has 0 aliphatic carbocycles. The molecule has 1 heterocycles. The number of halogens is 2. The Labute approximate surface area is 93.8 Å². The fourth-order valence-electron chi connectivity index (χ4n) is 0.828. The molecular weight excluding hydrogens is 306 g/mol. The van der Waals surface area contributed by atoms with Gasteiger partial charge in [-0.15, -0.1) is 10.2 Å². The van der Waals surface area contributed by atoms with E-state index in [1.165, 1.54) is 14.0 Å². The molecule has 0 saturated heterocycles. The highest BCUT2D eigenvalue weighted by molar-refractivity contribution is 14.1. The van der Waals surface area contributed by atoms with Gasteiger partial charge in [-0.3, -0.25) is 4.79 Å². The Kier molecular flexibility index (Phi) is 3.43. The minimum Gasteiger partial charge on any atom is -0.479 e. The van der Waals surface area contributed by atoms with Gasteiger partial charge in [0.15, 0.2) is 10.9 Å². The maximum absolute atomic E-state index is 11.2. The second-order valence-corrected chi connectivity index (χ2v) is 3.68. The quantitative estimate of drug-likeness (QED) is 0.619. The Bertz CT molecular complexity index is 357. The van der Waals surface area contributed by atoms with Crippen LogP contribution >= 0.6 is 34.2 Å². The van der Waals surface area contributed by atoms with Gasteiger partial charge in [-0.25, -0.2) is 0 Å². The second kappa shape index (κ2) is 4.19. The zero-order valence-electron chi connectivity index (χ0n) is 6.97. The lowest BCUT2D eigenvalue weighted by molar-refractivity contribution is 0.101. The number of hydrogen-bond acceptors (Lipinski definition) is 4. The van der Waals surface area contributed by atoms with E-state index in [2.05, 4.69) is 10.2 Å². The zero-order valence-corrected chi connectivity index (χ0v) is 9.88. The van der Waals surface area contributed by atoms with Gasteiger partial charge in [-0.1, -0.05) is 11.6 Å². The first-order chi connectivity index (χ1) is 6.07. The number of nitrogens with zero attached hydrogens (tertiary/aromatic N) is 2. The highest BCUT2D eigenvalue weighted by Gasteiger charge is 2.17. The number of carbonyl (C=O) groups is 1. The van der Waals surface area contributed by atoms with Gasteiger partial charge in [0, 0.05) is 0 Å². The Morgan fingerprint density at radius 2 is 2.15 bits per heavy atom. The van der Waals surface area contributed by atoms with E-state index in [-0.39, 0.29) is 16.8 Å². The van der Waals surface area contributed by atoms with Crippen LogP contribution in [-0.4, -0.2) is 23.1 Å². The molecule has 13 heavy (non-hydrogen) atoms. The van der Waals surface area contributed by atoms with Crippen molar-refractivity contribution in [3.63, 3.8) is 0 Å². The van der Waals surface area contributed by atoms with Crippen LogP contribution in [-0.2, 0) is 0 Å². The van der Waals surface area contributed by atoms with Gasteiger partial charge in [0.2, 0.25) is 5.88 Å². The van der Waals surface area contributed by atoms with Crippen LogP contribution in [0, 0.1) is 3.57 Å². The maximum atomic E-state index is 11.2. The van der Waals surface area contributed by atoms with E-state index in [4.69, 9.17) is 16.3 Å². The average molecular weight is 312 g/mol. The number of ketones is 1. The highest BCUT2D eigenvalue weighted by atomic mass is 127. The molecule has 0 atom stereocenters. The first-order valence-corrected chi connectivity index (χ1v) is 4.80. The van der Waals surface area contributed by atoms with Crippen molar-refractivity contribution in [3.05, 3.63) is 14.3 Å². The normalized spacial score (nSPS) is 9.85. The molecule has 0 bridgehead atoms. The molecule has 0 saturated carbocycles. The molecule has 1 rings (SSSR count). The summed E-state index contributed by atoms with van der Waals surface area (Å²) < 4.78 is 5.45. The van der Waals surface area contributed by atoms with Gasteiger partial charge < -0.3 is 4.74 Å². The largest absolute Gasteiger partial charge is 0.479 e. The maximum Gasteiger partial charge on any atom is 0.245 e. The number of Topliss-reactive ketones (excluding diaryl/α,β-unsaturated/α-hetero) is 1. The van der Waals surface area contributed by atoms with Gasteiger partial charge in [-0.05, 0) is 29.5 Å². The second-order valence-electron chi connectivity index (χ2n) is 2.25. The van der Waals surface area contributed by atoms with Crippen molar-refractivity contribution in [2.75, 3.05) is 7.11 Å². The Balaban J connectivity index is 3.41. The molecule has 0 radical (unpaired) electrons. The van der Waals surface area contributed by atoms with Crippen LogP contribution in [0.15, 0.2) is 0 Å². The van der Waals surface area contributed by atoms with Crippen LogP contribution in [0.3, 0.4) is 0 Å². The van der Waals surface area contributed by atoms with Gasteiger partial charge in [0.05, 0.1) is 16.2 Å². The Hall–Kier alpha value is -0.430. The summed E-state index contributed by atoms with van der Waals surface area (Å²) in [5.41, 5.74) is 0.378. The van der Waals surface area contributed by atoms with Crippen LogP contribution in [0.5, 0.6) is 5.88 Å². The van der Waals surface area contributed by atoms with Crippen molar-refractivity contribution in [2.24, 2.45) is 0 Å². The number of carbonyl (C=O) groups excluding carboxylic acids is 1. The van der Waals surface area contributed by atoms with E-state index in [1.807, 2.05) is 22.6 Å². The number of hydrogen-bond donors (Lipinski definition) is 0. The lowest BCUT2D eigenvalue weighted by Gasteiger charge is -2.05. The van der Waals surface area contributed by atoms with Gasteiger partial charge in [0.1, 0.15) is 0 Å². The van der Waals surface area contributed by atoms with Gasteiger partial charge in [-0.2, -0.15) is 0 Å². The molecule has 0 spiro atoms. The van der Waals surface area contributed by atoms with Crippen molar-refractivity contribution in [1.82, 2.24) is 10.2 Å². The first kappa shape index (κ1) is 10.6. The van der Waals surface area contributed by atoms with Crippen molar-refractivity contribution in [2.45, 2.75) is 6.92 Å². The van der Waals surface area contributed by atoms with Crippen LogP contribution in [0.1, 0.15) is 17.3 Å². The smallest absolute Gasteiger partial charge is 0.245 e. The molecule has 0 unspecified atom stereocenters. The molecule has 70 valence electrons. The van der Waals surface area contributed by atoms with Crippen LogP contribution in [0.2, 0.25) is 5.15 Å². The van der Waals surface area contributed by atoms with Crippen LogP contribution in [0.25, 0.3) is 0 Å². The molecule has 4 nitrogen and oxygen atoms in total. The Morgan fingerprint density at radius 3 is 2.62 bits per heavy atom. The number of ether oxygens (including phenoxy) is 1. The summed E-state index contributed by atoms with van der Waals surface area (Å²) in [6.07, 6.45) is 0. The minimum atomic E-state index is -0.141. The number of aromatic nitrogens is 2. The SMILES string of the molecule is COc1nnc(Cl)c(I)c1C(C)=O. The predicted octanol–water partition coefficient (Wildman–Crippen LogP) is 1.95. The summed E-state index contributed by atoms with van der Waals surface area (Å²) in [5.74, 6) is 0.0688. The summed E-state index contributed by atoms with van der Waals surface area (Å²) in [5, 5.41) is 7.49. The van der Waals surface area contributed by atoms with E-state index >= 15 is 0 Å². The molecular formula is C7H6ClIN2O2. The molecule has 0 aromatic carbocycles. The number of rotatable bonds is 2. The van der Waals surface area contributed by atoms with Gasteiger partial charge in [0.25, 0.3) is 0 Å². The summed E-state index contributed by atoms with van der Waals surface area (Å²) in [4.78, 5) is 11.2. The first-order valence-electron chi connectivity index (χ1n) is 3.34. The summed E-state index contributed by atoms with van der Waals surface area (Å²) >= 11 is 7.63. The average Bonchev–Trinajstić information content (AvgIpc) is 2.08. The summed E-state index contributed by atoms with van der Waals surface area (Å²) in [6, 6.07) is 0. The molecule has 1 aromatic rings. The Morgan fingerprint density at radius 1 is 1.54 bits per heavy atom. The molecule has 0 aliphatic heterocycles. The molecule has 0 aliphatic rings. The van der Waals surface area contributed by atoms with Crippen LogP contribution in [0.4, 0.5) is 0 Å². The topological polar surface area (TPSA) is 52.1 Å². The van der Waals surface area contributed by atoms with Crippen molar-refractivity contribution in [1.29, 1.82) is 0 Å². The van der Waals surface area contributed by atoms with E-state index in [0.717, 1.165) is 0 Å². The molecule has 1 aromatic heterocycles. The molecule has 0 fully saturated rings. The van der Waals surface area contributed by atoms with E-state index in [1.54, 1.807) is 0 Å². The number of methoxy groups -OCH3 is 1. The standard InChI is InChI=1S/C7H6ClIN2O2/c1-3(12)4-5(9)6(8)10-11-7(4)13-2/h1-2H3. The lowest BCUT2D eigenvalue weighted by atomic mass is 10.2. The van der Waals surface area contributed by atoms with Crippen LogP contribution < -0.4 is 4.74 Å². The molecule has 0 N–H and O–H groups in total. The third kappa shape index (κ3) is 2.08. The van der Waals surface area contributed by atoms with E-state index in [9.17, 15) is 4.79 Å². The lowest BCUT2D eigenvalue weighted by Crippen LogP contribution is -2.05. The van der Waals surface area contributed by atoms with Gasteiger partial charge >= 0.3 is 0 Å². The van der Waals surface area contributed by atoms with Crippen molar-refractivity contribution < 1.29 is 9.53 Å². The minimum absolute atomic E-state index is 0.141. The van der Waals surface area contributed by atoms with Crippen molar-refractivity contribution in [3.8, 4) is 5.88 Å².